The van der Waals surface area contributed by atoms with Gasteiger partial charge in [0.1, 0.15) is 0 Å². The van der Waals surface area contributed by atoms with Gasteiger partial charge in [0.05, 0.1) is 0 Å². The highest BCUT2D eigenvalue weighted by atomic mass is 15.3. The van der Waals surface area contributed by atoms with E-state index in [1.807, 2.05) is 0 Å². The second kappa shape index (κ2) is 7.64. The van der Waals surface area contributed by atoms with Crippen LogP contribution in [-0.2, 0) is 0 Å². The Balaban J connectivity index is 1.09. The van der Waals surface area contributed by atoms with Crippen LogP contribution in [0, 0.1) is 16.2 Å². The summed E-state index contributed by atoms with van der Waals surface area (Å²) < 4.78 is 0. The molecule has 0 aromatic rings. The Morgan fingerprint density at radius 2 is 1.52 bits per heavy atom. The molecule has 31 heavy (non-hydrogen) atoms. The maximum absolute atomic E-state index is 3.96. The number of nitrogens with zero attached hydrogens (tertiary/aromatic N) is 4. The summed E-state index contributed by atoms with van der Waals surface area (Å²) in [5.74, 6) is 0. The van der Waals surface area contributed by atoms with Crippen LogP contribution >= 0.6 is 0 Å². The zero-order valence-electron chi connectivity index (χ0n) is 20.3. The van der Waals surface area contributed by atoms with Gasteiger partial charge in [-0.3, -0.25) is 4.90 Å². The highest BCUT2D eigenvalue weighted by molar-refractivity contribution is 5.09. The Morgan fingerprint density at radius 3 is 2.29 bits per heavy atom. The van der Waals surface area contributed by atoms with Crippen LogP contribution in [-0.4, -0.2) is 124 Å². The van der Waals surface area contributed by atoms with Crippen molar-refractivity contribution in [3.8, 4) is 0 Å². The molecule has 176 valence electrons. The highest BCUT2D eigenvalue weighted by Gasteiger charge is 2.53. The third kappa shape index (κ3) is 3.79. The predicted octanol–water partition coefficient (Wildman–Crippen LogP) is 0.750. The minimum atomic E-state index is 0.540. The van der Waals surface area contributed by atoms with E-state index in [2.05, 4.69) is 51.4 Å². The van der Waals surface area contributed by atoms with E-state index in [-0.39, 0.29) is 0 Å². The van der Waals surface area contributed by atoms with Crippen molar-refractivity contribution >= 4 is 0 Å². The minimum Gasteiger partial charge on any atom is -0.315 e. The summed E-state index contributed by atoms with van der Waals surface area (Å²) in [6.07, 6.45) is 8.42. The molecule has 0 saturated carbocycles. The van der Waals surface area contributed by atoms with Crippen LogP contribution in [0.3, 0.4) is 0 Å². The van der Waals surface area contributed by atoms with Crippen molar-refractivity contribution in [3.05, 3.63) is 0 Å². The topological polar surface area (TPSA) is 37.0 Å². The predicted molar refractivity (Wildman–Crippen MR) is 126 cm³/mol. The molecule has 6 aliphatic rings. The third-order valence-electron chi connectivity index (χ3n) is 10.3. The summed E-state index contributed by atoms with van der Waals surface area (Å²) in [5, 5.41) is 7.81. The SMILES string of the molecule is CN1CCC2(CNCC(N3CCC4(CC(C5CC6(CCN5)CN(C)C6)N(C)C4)C3)C2)C1. The first-order valence-electron chi connectivity index (χ1n) is 13.1. The Bertz CT molecular complexity index is 669. The molecule has 0 radical (unpaired) electrons. The van der Waals surface area contributed by atoms with E-state index in [0.29, 0.717) is 22.3 Å². The first-order chi connectivity index (χ1) is 14.9. The monoisotopic (exact) mass is 430 g/mol. The van der Waals surface area contributed by atoms with Gasteiger partial charge in [0, 0.05) is 63.9 Å². The fourth-order valence-electron chi connectivity index (χ4n) is 9.03. The van der Waals surface area contributed by atoms with Gasteiger partial charge in [-0.2, -0.15) is 0 Å². The van der Waals surface area contributed by atoms with Gasteiger partial charge < -0.3 is 25.3 Å². The lowest BCUT2D eigenvalue weighted by molar-refractivity contribution is -0.0256. The molecule has 0 amide bonds. The third-order valence-corrected chi connectivity index (χ3v) is 10.3. The van der Waals surface area contributed by atoms with Crippen LogP contribution in [0.5, 0.6) is 0 Å². The summed E-state index contributed by atoms with van der Waals surface area (Å²) >= 11 is 0. The zero-order chi connectivity index (χ0) is 21.3. The average Bonchev–Trinajstić information content (AvgIpc) is 3.39. The van der Waals surface area contributed by atoms with E-state index in [1.165, 1.54) is 104 Å². The van der Waals surface area contributed by atoms with Crippen LogP contribution < -0.4 is 10.6 Å². The summed E-state index contributed by atoms with van der Waals surface area (Å²) in [6, 6.07) is 2.20. The molecule has 0 aliphatic carbocycles. The van der Waals surface area contributed by atoms with E-state index in [4.69, 9.17) is 0 Å². The Hall–Kier alpha value is -0.240. The quantitative estimate of drug-likeness (QED) is 0.674. The number of hydrogen-bond acceptors (Lipinski definition) is 6. The van der Waals surface area contributed by atoms with Crippen LogP contribution in [0.2, 0.25) is 0 Å². The highest BCUT2D eigenvalue weighted by Crippen LogP contribution is 2.48. The molecule has 6 saturated heterocycles. The number of nitrogens with one attached hydrogen (secondary N) is 2. The molecule has 0 bridgehead atoms. The van der Waals surface area contributed by atoms with E-state index >= 15 is 0 Å². The first-order valence-corrected chi connectivity index (χ1v) is 13.1. The van der Waals surface area contributed by atoms with Crippen molar-refractivity contribution in [2.75, 3.05) is 86.6 Å². The van der Waals surface area contributed by atoms with Crippen molar-refractivity contribution in [1.82, 2.24) is 30.2 Å². The Kier molecular flexibility index (Phi) is 5.25. The van der Waals surface area contributed by atoms with Crippen molar-refractivity contribution < 1.29 is 0 Å². The Labute approximate surface area is 190 Å². The number of piperidine rings is 2. The molecule has 6 aliphatic heterocycles. The van der Waals surface area contributed by atoms with Crippen LogP contribution in [0.4, 0.5) is 0 Å². The van der Waals surface area contributed by atoms with Crippen molar-refractivity contribution in [2.24, 2.45) is 16.2 Å². The summed E-state index contributed by atoms with van der Waals surface area (Å²) in [4.78, 5) is 10.7. The van der Waals surface area contributed by atoms with Crippen molar-refractivity contribution in [2.45, 2.75) is 56.7 Å². The molecule has 6 nitrogen and oxygen atoms in total. The molecule has 0 aromatic heterocycles. The van der Waals surface area contributed by atoms with Gasteiger partial charge in [-0.15, -0.1) is 0 Å². The van der Waals surface area contributed by atoms with E-state index in [0.717, 1.165) is 12.1 Å². The molecule has 6 heterocycles. The summed E-state index contributed by atoms with van der Waals surface area (Å²) in [7, 11) is 7.02. The normalized spacial score (nSPS) is 47.1. The van der Waals surface area contributed by atoms with Gasteiger partial charge in [-0.25, -0.2) is 0 Å². The average molecular weight is 431 g/mol. The lowest BCUT2D eigenvalue weighted by atomic mass is 9.68. The molecule has 6 fully saturated rings. The van der Waals surface area contributed by atoms with Crippen LogP contribution in [0.1, 0.15) is 38.5 Å². The number of likely N-dealkylation sites (tertiary alicyclic amines) is 4. The first kappa shape index (κ1) is 21.3. The van der Waals surface area contributed by atoms with E-state index in [1.54, 1.807) is 0 Å². The second-order valence-corrected chi connectivity index (χ2v) is 13.1. The van der Waals surface area contributed by atoms with Crippen molar-refractivity contribution in [3.63, 3.8) is 0 Å². The van der Waals surface area contributed by atoms with Crippen molar-refractivity contribution in [1.29, 1.82) is 0 Å². The lowest BCUT2D eigenvalue weighted by Gasteiger charge is -2.54. The molecule has 6 heteroatoms. The number of likely N-dealkylation sites (N-methyl/N-ethyl adjacent to an activating group) is 1. The maximum atomic E-state index is 3.96. The zero-order valence-corrected chi connectivity index (χ0v) is 20.3. The van der Waals surface area contributed by atoms with Gasteiger partial charge in [0.2, 0.25) is 0 Å². The van der Waals surface area contributed by atoms with E-state index in [9.17, 15) is 0 Å². The molecular formula is C25H46N6. The van der Waals surface area contributed by atoms with Crippen LogP contribution in [0.15, 0.2) is 0 Å². The molecule has 6 rings (SSSR count). The van der Waals surface area contributed by atoms with Gasteiger partial charge in [-0.1, -0.05) is 0 Å². The number of hydrogen-bond donors (Lipinski definition) is 2. The summed E-state index contributed by atoms with van der Waals surface area (Å²) in [6.45, 7) is 12.9. The molecule has 5 atom stereocenters. The second-order valence-electron chi connectivity index (χ2n) is 13.1. The van der Waals surface area contributed by atoms with E-state index < -0.39 is 0 Å². The van der Waals surface area contributed by atoms with Gasteiger partial charge in [0.25, 0.3) is 0 Å². The molecule has 2 N–H and O–H groups in total. The minimum absolute atomic E-state index is 0.540. The smallest absolute Gasteiger partial charge is 0.0253 e. The van der Waals surface area contributed by atoms with Gasteiger partial charge in [-0.05, 0) is 95.5 Å². The molecular weight excluding hydrogens is 384 g/mol. The fourth-order valence-corrected chi connectivity index (χ4v) is 9.03. The summed E-state index contributed by atoms with van der Waals surface area (Å²) in [5.41, 5.74) is 1.71. The van der Waals surface area contributed by atoms with Gasteiger partial charge in [0.15, 0.2) is 0 Å². The molecule has 5 unspecified atom stereocenters. The maximum Gasteiger partial charge on any atom is 0.0253 e. The van der Waals surface area contributed by atoms with Gasteiger partial charge >= 0.3 is 0 Å². The lowest BCUT2D eigenvalue weighted by Crippen LogP contribution is -2.63. The molecule has 0 aromatic carbocycles. The number of rotatable bonds is 2. The standard InChI is InChI=1S/C25H46N6/c1-28-8-5-23(15-28)10-20(13-26-14-23)31-9-6-25(19-31)12-22(30(3)18-25)21-11-24(4-7-27-21)16-29(2)17-24/h20-22,26-27H,4-19H2,1-3H3. The largest absolute Gasteiger partial charge is 0.315 e. The van der Waals surface area contributed by atoms with Crippen LogP contribution in [0.25, 0.3) is 0 Å². The Morgan fingerprint density at radius 1 is 0.742 bits per heavy atom. The fraction of sp³-hybridized carbons (Fsp3) is 1.00. The molecule has 3 spiro atoms.